The van der Waals surface area contributed by atoms with E-state index in [9.17, 15) is 0 Å². The van der Waals surface area contributed by atoms with Gasteiger partial charge in [0, 0.05) is 18.9 Å². The van der Waals surface area contributed by atoms with E-state index in [4.69, 9.17) is 4.74 Å². The summed E-state index contributed by atoms with van der Waals surface area (Å²) in [5.41, 5.74) is 2.19. The third-order valence-electron chi connectivity index (χ3n) is 3.69. The van der Waals surface area contributed by atoms with Gasteiger partial charge in [0.05, 0.1) is 19.3 Å². The van der Waals surface area contributed by atoms with Crippen molar-refractivity contribution in [1.29, 1.82) is 0 Å². The molecule has 0 unspecified atom stereocenters. The molecule has 2 heterocycles. The summed E-state index contributed by atoms with van der Waals surface area (Å²) in [7, 11) is 1.67. The van der Waals surface area contributed by atoms with Crippen molar-refractivity contribution in [3.63, 3.8) is 0 Å². The van der Waals surface area contributed by atoms with Gasteiger partial charge in [-0.1, -0.05) is 18.2 Å². The van der Waals surface area contributed by atoms with Crippen LogP contribution in [0, 0.1) is 0 Å². The lowest BCUT2D eigenvalue weighted by molar-refractivity contribution is 0.414. The minimum absolute atomic E-state index is 0.583. The molecule has 0 saturated carbocycles. The monoisotopic (exact) mass is 335 g/mol. The highest BCUT2D eigenvalue weighted by molar-refractivity contribution is 5.40. The zero-order chi connectivity index (χ0) is 17.3. The number of nitrogens with zero attached hydrogens (tertiary/aromatic N) is 3. The van der Waals surface area contributed by atoms with E-state index in [0.29, 0.717) is 12.5 Å². The maximum absolute atomic E-state index is 5.17. The predicted molar refractivity (Wildman–Crippen MR) is 98.8 cm³/mol. The van der Waals surface area contributed by atoms with E-state index in [1.54, 1.807) is 19.5 Å². The summed E-state index contributed by atoms with van der Waals surface area (Å²) in [6, 6.07) is 15.8. The first-order valence-corrected chi connectivity index (χ1v) is 8.17. The predicted octanol–water partition coefficient (Wildman–Crippen LogP) is 3.15. The van der Waals surface area contributed by atoms with E-state index >= 15 is 0 Å². The fourth-order valence-corrected chi connectivity index (χ4v) is 2.34. The van der Waals surface area contributed by atoms with Gasteiger partial charge in [0.15, 0.2) is 0 Å². The highest BCUT2D eigenvalue weighted by atomic mass is 16.5. The Bertz CT molecular complexity index is 777. The van der Waals surface area contributed by atoms with Gasteiger partial charge in [0.2, 0.25) is 5.95 Å². The van der Waals surface area contributed by atoms with Crippen molar-refractivity contribution in [1.82, 2.24) is 15.0 Å². The van der Waals surface area contributed by atoms with Gasteiger partial charge in [-0.25, -0.2) is 4.98 Å². The molecule has 0 atom stereocenters. The first kappa shape index (κ1) is 16.7. The molecule has 0 amide bonds. The second-order valence-electron chi connectivity index (χ2n) is 5.46. The van der Waals surface area contributed by atoms with Gasteiger partial charge in [0.25, 0.3) is 0 Å². The summed E-state index contributed by atoms with van der Waals surface area (Å²) in [4.78, 5) is 13.0. The van der Waals surface area contributed by atoms with Gasteiger partial charge in [-0.3, -0.25) is 4.98 Å². The minimum atomic E-state index is 0.583. The molecule has 0 spiro atoms. The summed E-state index contributed by atoms with van der Waals surface area (Å²) in [5.74, 6) is 2.25. The SMILES string of the molecule is COc1ccc(CCNc2ccnc(NCc3ccccn3)n2)cc1. The maximum atomic E-state index is 5.17. The number of methoxy groups -OCH3 is 1. The van der Waals surface area contributed by atoms with Crippen LogP contribution < -0.4 is 15.4 Å². The minimum Gasteiger partial charge on any atom is -0.497 e. The van der Waals surface area contributed by atoms with E-state index < -0.39 is 0 Å². The first-order valence-electron chi connectivity index (χ1n) is 8.17. The van der Waals surface area contributed by atoms with E-state index in [1.807, 2.05) is 36.4 Å². The number of hydrogen-bond acceptors (Lipinski definition) is 6. The van der Waals surface area contributed by atoms with E-state index in [0.717, 1.165) is 30.2 Å². The molecule has 6 nitrogen and oxygen atoms in total. The summed E-state index contributed by atoms with van der Waals surface area (Å²) < 4.78 is 5.17. The number of rotatable bonds is 8. The normalized spacial score (nSPS) is 10.3. The van der Waals surface area contributed by atoms with Crippen LogP contribution in [-0.4, -0.2) is 28.6 Å². The van der Waals surface area contributed by atoms with Crippen LogP contribution >= 0.6 is 0 Å². The lowest BCUT2D eigenvalue weighted by atomic mass is 10.1. The molecule has 25 heavy (non-hydrogen) atoms. The lowest BCUT2D eigenvalue weighted by Crippen LogP contribution is -2.09. The fraction of sp³-hybridized carbons (Fsp3) is 0.211. The third-order valence-corrected chi connectivity index (χ3v) is 3.69. The molecule has 0 saturated heterocycles. The number of pyridine rings is 1. The maximum Gasteiger partial charge on any atom is 0.224 e. The van der Waals surface area contributed by atoms with Crippen LogP contribution in [0.1, 0.15) is 11.3 Å². The number of hydrogen-bond donors (Lipinski definition) is 2. The average Bonchev–Trinajstić information content (AvgIpc) is 2.68. The molecular formula is C19H21N5O. The Morgan fingerprint density at radius 1 is 0.920 bits per heavy atom. The van der Waals surface area contributed by atoms with E-state index in [1.165, 1.54) is 5.56 Å². The smallest absolute Gasteiger partial charge is 0.224 e. The number of anilines is 2. The quantitative estimate of drug-likeness (QED) is 0.659. The van der Waals surface area contributed by atoms with Crippen molar-refractivity contribution in [3.8, 4) is 5.75 Å². The standard InChI is InChI=1S/C19H21N5O/c1-25-17-7-5-15(6-8-17)9-12-21-18-10-13-22-19(24-18)23-14-16-4-2-3-11-20-16/h2-8,10-11,13H,9,12,14H2,1H3,(H2,21,22,23,24). The molecule has 0 fully saturated rings. The largest absolute Gasteiger partial charge is 0.497 e. The Kier molecular flexibility index (Phi) is 5.77. The number of aromatic nitrogens is 3. The van der Waals surface area contributed by atoms with Gasteiger partial charge in [0.1, 0.15) is 11.6 Å². The zero-order valence-electron chi connectivity index (χ0n) is 14.1. The molecule has 0 radical (unpaired) electrons. The summed E-state index contributed by atoms with van der Waals surface area (Å²) in [6.07, 6.45) is 4.42. The van der Waals surface area contributed by atoms with Crippen molar-refractivity contribution < 1.29 is 4.74 Å². The number of nitrogens with one attached hydrogen (secondary N) is 2. The van der Waals surface area contributed by atoms with Gasteiger partial charge in [-0.2, -0.15) is 4.98 Å². The molecule has 2 aromatic heterocycles. The van der Waals surface area contributed by atoms with Gasteiger partial charge in [-0.15, -0.1) is 0 Å². The Morgan fingerprint density at radius 3 is 2.56 bits per heavy atom. The third kappa shape index (κ3) is 5.17. The molecular weight excluding hydrogens is 314 g/mol. The van der Waals surface area contributed by atoms with Crippen molar-refractivity contribution >= 4 is 11.8 Å². The zero-order valence-corrected chi connectivity index (χ0v) is 14.1. The molecule has 3 rings (SSSR count). The summed E-state index contributed by atoms with van der Waals surface area (Å²) in [5, 5.41) is 6.51. The van der Waals surface area contributed by atoms with Crippen LogP contribution in [-0.2, 0) is 13.0 Å². The molecule has 128 valence electrons. The Morgan fingerprint density at radius 2 is 1.80 bits per heavy atom. The average molecular weight is 335 g/mol. The molecule has 6 heteroatoms. The molecule has 1 aromatic carbocycles. The molecule has 0 aliphatic carbocycles. The molecule has 3 aromatic rings. The fourth-order valence-electron chi connectivity index (χ4n) is 2.34. The highest BCUT2D eigenvalue weighted by Crippen LogP contribution is 2.12. The van der Waals surface area contributed by atoms with Gasteiger partial charge >= 0.3 is 0 Å². The topological polar surface area (TPSA) is 72.0 Å². The van der Waals surface area contributed by atoms with E-state index in [2.05, 4.69) is 37.7 Å². The first-order chi connectivity index (χ1) is 12.3. The Balaban J connectivity index is 1.49. The Labute approximate surface area is 147 Å². The van der Waals surface area contributed by atoms with Crippen molar-refractivity contribution in [2.24, 2.45) is 0 Å². The van der Waals surface area contributed by atoms with Crippen LogP contribution in [0.3, 0.4) is 0 Å². The van der Waals surface area contributed by atoms with Crippen molar-refractivity contribution in [2.75, 3.05) is 24.3 Å². The van der Waals surface area contributed by atoms with Crippen molar-refractivity contribution in [3.05, 3.63) is 72.2 Å². The van der Waals surface area contributed by atoms with Crippen LogP contribution in [0.15, 0.2) is 60.9 Å². The molecule has 0 aliphatic rings. The summed E-state index contributed by atoms with van der Waals surface area (Å²) >= 11 is 0. The van der Waals surface area contributed by atoms with Crippen LogP contribution in [0.2, 0.25) is 0 Å². The lowest BCUT2D eigenvalue weighted by Gasteiger charge is -2.08. The Hall–Kier alpha value is -3.15. The van der Waals surface area contributed by atoms with Gasteiger partial charge < -0.3 is 15.4 Å². The summed E-state index contributed by atoms with van der Waals surface area (Å²) in [6.45, 7) is 1.39. The van der Waals surface area contributed by atoms with Crippen LogP contribution in [0.5, 0.6) is 5.75 Å². The van der Waals surface area contributed by atoms with E-state index in [-0.39, 0.29) is 0 Å². The van der Waals surface area contributed by atoms with Gasteiger partial charge in [-0.05, 0) is 42.3 Å². The molecule has 0 bridgehead atoms. The molecule has 0 aliphatic heterocycles. The molecule has 2 N–H and O–H groups in total. The highest BCUT2D eigenvalue weighted by Gasteiger charge is 2.00. The number of ether oxygens (including phenoxy) is 1. The van der Waals surface area contributed by atoms with Crippen LogP contribution in [0.4, 0.5) is 11.8 Å². The number of benzene rings is 1. The second-order valence-corrected chi connectivity index (χ2v) is 5.46. The van der Waals surface area contributed by atoms with Crippen molar-refractivity contribution in [2.45, 2.75) is 13.0 Å². The van der Waals surface area contributed by atoms with Crippen LogP contribution in [0.25, 0.3) is 0 Å². The second kappa shape index (κ2) is 8.63.